The van der Waals surface area contributed by atoms with Gasteiger partial charge in [0.25, 0.3) is 5.56 Å². The molecule has 2 heterocycles. The number of alkyl halides is 1. The van der Waals surface area contributed by atoms with E-state index in [1.165, 1.54) is 30.6 Å². The topological polar surface area (TPSA) is 34.9 Å². The number of aryl methyl sites for hydroxylation is 1. The Labute approximate surface area is 118 Å². The molecule has 96 valence electrons. The van der Waals surface area contributed by atoms with Gasteiger partial charge < -0.3 is 0 Å². The van der Waals surface area contributed by atoms with E-state index in [2.05, 4.69) is 20.9 Å². The average Bonchev–Trinajstić information content (AvgIpc) is 2.69. The van der Waals surface area contributed by atoms with Crippen LogP contribution in [0.5, 0.6) is 0 Å². The molecule has 1 aliphatic carbocycles. The summed E-state index contributed by atoms with van der Waals surface area (Å²) < 4.78 is 2.58. The van der Waals surface area contributed by atoms with Gasteiger partial charge >= 0.3 is 0 Å². The summed E-state index contributed by atoms with van der Waals surface area (Å²) in [5.41, 5.74) is 2.34. The van der Waals surface area contributed by atoms with Crippen molar-refractivity contribution in [3.8, 4) is 0 Å². The first kappa shape index (κ1) is 12.4. The van der Waals surface area contributed by atoms with E-state index in [-0.39, 0.29) is 11.0 Å². The Balaban J connectivity index is 2.03. The molecule has 0 atom stereocenters. The zero-order chi connectivity index (χ0) is 12.8. The number of rotatable bonds is 3. The van der Waals surface area contributed by atoms with Crippen LogP contribution in [0.2, 0.25) is 0 Å². The minimum absolute atomic E-state index is 0.116. The van der Waals surface area contributed by atoms with Crippen molar-refractivity contribution < 1.29 is 0 Å². The SMILES string of the molecule is Cc1csc2c(=O)n(CC3(CBr)CCC3)cnc12. The molecular weight excluding hydrogens is 312 g/mol. The van der Waals surface area contributed by atoms with Gasteiger partial charge in [0.2, 0.25) is 0 Å². The van der Waals surface area contributed by atoms with Gasteiger partial charge in [-0.1, -0.05) is 22.4 Å². The smallest absolute Gasteiger partial charge is 0.271 e. The van der Waals surface area contributed by atoms with E-state index < -0.39 is 0 Å². The third-order valence-corrected chi connectivity index (χ3v) is 6.19. The number of hydrogen-bond donors (Lipinski definition) is 0. The summed E-state index contributed by atoms with van der Waals surface area (Å²) in [7, 11) is 0. The molecule has 0 N–H and O–H groups in total. The molecule has 0 radical (unpaired) electrons. The van der Waals surface area contributed by atoms with Crippen molar-refractivity contribution >= 4 is 37.5 Å². The normalized spacial score (nSPS) is 17.9. The third-order valence-electron chi connectivity index (χ3n) is 3.93. The Morgan fingerprint density at radius 2 is 2.33 bits per heavy atom. The predicted octanol–water partition coefficient (Wildman–Crippen LogP) is 3.33. The summed E-state index contributed by atoms with van der Waals surface area (Å²) in [4.78, 5) is 16.8. The highest BCUT2D eigenvalue weighted by atomic mass is 79.9. The van der Waals surface area contributed by atoms with Crippen LogP contribution in [0.15, 0.2) is 16.5 Å². The molecule has 1 saturated carbocycles. The Morgan fingerprint density at radius 1 is 1.56 bits per heavy atom. The lowest BCUT2D eigenvalue weighted by atomic mass is 9.70. The first-order chi connectivity index (χ1) is 8.65. The first-order valence-electron chi connectivity index (χ1n) is 6.14. The molecule has 3 rings (SSSR count). The molecule has 0 unspecified atom stereocenters. The van der Waals surface area contributed by atoms with E-state index in [0.29, 0.717) is 0 Å². The maximum Gasteiger partial charge on any atom is 0.271 e. The predicted molar refractivity (Wildman–Crippen MR) is 78.7 cm³/mol. The van der Waals surface area contributed by atoms with Gasteiger partial charge in [-0.05, 0) is 36.1 Å². The molecule has 2 aromatic heterocycles. The highest BCUT2D eigenvalue weighted by Gasteiger charge is 2.36. The molecule has 2 aromatic rings. The molecule has 0 aliphatic heterocycles. The Morgan fingerprint density at radius 3 is 2.94 bits per heavy atom. The number of fused-ring (bicyclic) bond motifs is 1. The Bertz CT molecular complexity index is 636. The second kappa shape index (κ2) is 4.46. The Kier molecular flexibility index (Phi) is 3.06. The van der Waals surface area contributed by atoms with Gasteiger partial charge in [0, 0.05) is 11.9 Å². The van der Waals surface area contributed by atoms with Crippen molar-refractivity contribution in [2.24, 2.45) is 5.41 Å². The lowest BCUT2D eigenvalue weighted by Crippen LogP contribution is -2.38. The fraction of sp³-hybridized carbons (Fsp3) is 0.538. The van der Waals surface area contributed by atoms with Gasteiger partial charge in [-0.3, -0.25) is 9.36 Å². The summed E-state index contributed by atoms with van der Waals surface area (Å²) in [6, 6.07) is 0. The lowest BCUT2D eigenvalue weighted by molar-refractivity contribution is 0.138. The van der Waals surface area contributed by atoms with Crippen LogP contribution in [-0.4, -0.2) is 14.9 Å². The van der Waals surface area contributed by atoms with Crippen LogP contribution < -0.4 is 5.56 Å². The molecule has 1 fully saturated rings. The van der Waals surface area contributed by atoms with Crippen molar-refractivity contribution in [1.82, 2.24) is 9.55 Å². The summed E-state index contributed by atoms with van der Waals surface area (Å²) >= 11 is 5.09. The molecule has 0 amide bonds. The van der Waals surface area contributed by atoms with Gasteiger partial charge in [0.05, 0.1) is 11.8 Å². The summed E-state index contributed by atoms with van der Waals surface area (Å²) in [5, 5.41) is 2.97. The highest BCUT2D eigenvalue weighted by Crippen LogP contribution is 2.43. The van der Waals surface area contributed by atoms with Crippen molar-refractivity contribution in [3.63, 3.8) is 0 Å². The standard InChI is InChI=1S/C13H15BrN2OS/c1-9-5-18-11-10(9)15-8-16(12(11)17)7-13(6-14)3-2-4-13/h5,8H,2-4,6-7H2,1H3. The summed E-state index contributed by atoms with van der Waals surface area (Å²) in [6.45, 7) is 2.79. The largest absolute Gasteiger partial charge is 0.297 e. The van der Waals surface area contributed by atoms with E-state index in [4.69, 9.17) is 0 Å². The lowest BCUT2D eigenvalue weighted by Gasteiger charge is -2.40. The molecule has 5 heteroatoms. The first-order valence-corrected chi connectivity index (χ1v) is 8.15. The highest BCUT2D eigenvalue weighted by molar-refractivity contribution is 9.09. The molecule has 0 saturated heterocycles. The van der Waals surface area contributed by atoms with Gasteiger partial charge in [-0.2, -0.15) is 0 Å². The van der Waals surface area contributed by atoms with Crippen LogP contribution in [0.4, 0.5) is 0 Å². The van der Waals surface area contributed by atoms with E-state index in [1.807, 2.05) is 12.3 Å². The molecule has 1 aliphatic rings. The fourth-order valence-corrected chi connectivity index (χ4v) is 4.23. The molecule has 18 heavy (non-hydrogen) atoms. The van der Waals surface area contributed by atoms with Crippen molar-refractivity contribution in [3.05, 3.63) is 27.6 Å². The zero-order valence-corrected chi connectivity index (χ0v) is 12.7. The van der Waals surface area contributed by atoms with Crippen molar-refractivity contribution in [1.29, 1.82) is 0 Å². The van der Waals surface area contributed by atoms with Gasteiger partial charge in [0.1, 0.15) is 4.70 Å². The van der Waals surface area contributed by atoms with Gasteiger partial charge in [-0.15, -0.1) is 11.3 Å². The zero-order valence-electron chi connectivity index (χ0n) is 10.3. The second-order valence-corrected chi connectivity index (χ2v) is 6.70. The van der Waals surface area contributed by atoms with Crippen LogP contribution in [0.25, 0.3) is 10.2 Å². The molecule has 0 aromatic carbocycles. The van der Waals surface area contributed by atoms with E-state index in [9.17, 15) is 4.79 Å². The van der Waals surface area contributed by atoms with Crippen LogP contribution in [0.1, 0.15) is 24.8 Å². The number of nitrogens with zero attached hydrogens (tertiary/aromatic N) is 2. The van der Waals surface area contributed by atoms with Gasteiger partial charge in [-0.25, -0.2) is 4.98 Å². The number of aromatic nitrogens is 2. The van der Waals surface area contributed by atoms with Crippen LogP contribution >= 0.6 is 27.3 Å². The maximum atomic E-state index is 12.4. The summed E-state index contributed by atoms with van der Waals surface area (Å²) in [5.74, 6) is 0. The number of thiophene rings is 1. The molecule has 0 bridgehead atoms. The van der Waals surface area contributed by atoms with E-state index >= 15 is 0 Å². The minimum Gasteiger partial charge on any atom is -0.297 e. The van der Waals surface area contributed by atoms with Crippen LogP contribution in [0, 0.1) is 12.3 Å². The summed E-state index contributed by atoms with van der Waals surface area (Å²) in [6.07, 6.45) is 5.39. The molecule has 0 spiro atoms. The van der Waals surface area contributed by atoms with Gasteiger partial charge in [0.15, 0.2) is 0 Å². The quantitative estimate of drug-likeness (QED) is 0.811. The van der Waals surface area contributed by atoms with Crippen LogP contribution in [-0.2, 0) is 6.54 Å². The van der Waals surface area contributed by atoms with E-state index in [0.717, 1.165) is 27.7 Å². The number of hydrogen-bond acceptors (Lipinski definition) is 3. The second-order valence-electron chi connectivity index (χ2n) is 5.26. The van der Waals surface area contributed by atoms with Crippen LogP contribution in [0.3, 0.4) is 0 Å². The fourth-order valence-electron chi connectivity index (χ4n) is 2.55. The monoisotopic (exact) mass is 326 g/mol. The van der Waals surface area contributed by atoms with E-state index in [1.54, 1.807) is 10.9 Å². The van der Waals surface area contributed by atoms with Crippen molar-refractivity contribution in [2.45, 2.75) is 32.7 Å². The molecular formula is C13H15BrN2OS. The average molecular weight is 327 g/mol. The maximum absolute atomic E-state index is 12.4. The Hall–Kier alpha value is -0.680. The minimum atomic E-state index is 0.116. The molecule has 3 nitrogen and oxygen atoms in total. The third kappa shape index (κ3) is 1.84. The number of halogens is 1. The van der Waals surface area contributed by atoms with Crippen molar-refractivity contribution in [2.75, 3.05) is 5.33 Å².